The van der Waals surface area contributed by atoms with Crippen molar-refractivity contribution in [1.82, 2.24) is 5.32 Å². The number of hydrogen-bond donors (Lipinski definition) is 4. The van der Waals surface area contributed by atoms with Gasteiger partial charge in [0.05, 0.1) is 6.61 Å². The molecule has 2 rings (SSSR count). The molecule has 5 heteroatoms. The highest BCUT2D eigenvalue weighted by Gasteiger charge is 2.11. The van der Waals surface area contributed by atoms with Gasteiger partial charge in [0, 0.05) is 12.6 Å². The average Bonchev–Trinajstić information content (AvgIpc) is 2.59. The first-order chi connectivity index (χ1) is 11.2. The second-order valence-corrected chi connectivity index (χ2v) is 5.44. The number of ether oxygens (including phenoxy) is 1. The van der Waals surface area contributed by atoms with Crippen LogP contribution in [0.4, 0.5) is 0 Å². The van der Waals surface area contributed by atoms with Crippen LogP contribution in [0, 0.1) is 0 Å². The molecular weight excluding hydrogens is 294 g/mol. The Balaban J connectivity index is 1.72. The first-order valence-corrected chi connectivity index (χ1v) is 7.65. The lowest BCUT2D eigenvalue weighted by Gasteiger charge is -2.19. The number of benzene rings is 2. The van der Waals surface area contributed by atoms with Crippen molar-refractivity contribution in [3.8, 4) is 11.5 Å². The molecule has 0 saturated carbocycles. The van der Waals surface area contributed by atoms with Gasteiger partial charge in [-0.3, -0.25) is 0 Å². The van der Waals surface area contributed by atoms with Crippen LogP contribution in [0.5, 0.6) is 11.5 Å². The molecule has 0 amide bonds. The van der Waals surface area contributed by atoms with Crippen LogP contribution in [-0.4, -0.2) is 47.2 Å². The molecule has 0 spiro atoms. The summed E-state index contributed by atoms with van der Waals surface area (Å²) in [6, 6.07) is 16.0. The van der Waals surface area contributed by atoms with E-state index in [-0.39, 0.29) is 25.0 Å². The predicted octanol–water partition coefficient (Wildman–Crippen LogP) is 1.33. The Labute approximate surface area is 136 Å². The molecule has 4 N–H and O–H groups in total. The molecule has 0 saturated heterocycles. The lowest BCUT2D eigenvalue weighted by Crippen LogP contribution is -2.41. The molecule has 0 aliphatic carbocycles. The van der Waals surface area contributed by atoms with Gasteiger partial charge in [-0.05, 0) is 36.2 Å². The molecule has 2 aromatic carbocycles. The van der Waals surface area contributed by atoms with Crippen LogP contribution < -0.4 is 10.1 Å². The van der Waals surface area contributed by atoms with Crippen molar-refractivity contribution in [1.29, 1.82) is 0 Å². The zero-order valence-corrected chi connectivity index (χ0v) is 12.9. The van der Waals surface area contributed by atoms with Gasteiger partial charge in [-0.1, -0.05) is 30.3 Å². The fraction of sp³-hybridized carbons (Fsp3) is 0.333. The van der Waals surface area contributed by atoms with Gasteiger partial charge in [-0.25, -0.2) is 0 Å². The number of hydrogen-bond acceptors (Lipinski definition) is 5. The van der Waals surface area contributed by atoms with Crippen LogP contribution >= 0.6 is 0 Å². The number of phenols is 1. The van der Waals surface area contributed by atoms with Gasteiger partial charge in [0.25, 0.3) is 0 Å². The lowest BCUT2D eigenvalue weighted by molar-refractivity contribution is 0.0997. The molecule has 1 unspecified atom stereocenters. The van der Waals surface area contributed by atoms with E-state index in [0.29, 0.717) is 18.7 Å². The van der Waals surface area contributed by atoms with Gasteiger partial charge in [-0.15, -0.1) is 0 Å². The molecule has 23 heavy (non-hydrogen) atoms. The second kappa shape index (κ2) is 9.15. The van der Waals surface area contributed by atoms with E-state index in [1.165, 1.54) is 0 Å². The summed E-state index contributed by atoms with van der Waals surface area (Å²) in [6.07, 6.45) is -0.0488. The van der Waals surface area contributed by atoms with Crippen molar-refractivity contribution in [2.24, 2.45) is 0 Å². The number of aliphatic hydroxyl groups is 2. The Morgan fingerprint density at radius 1 is 1.00 bits per heavy atom. The quantitative estimate of drug-likeness (QED) is 0.561. The number of phenolic OH excluding ortho intramolecular Hbond substituents is 1. The van der Waals surface area contributed by atoms with E-state index in [4.69, 9.17) is 4.74 Å². The van der Waals surface area contributed by atoms with E-state index in [2.05, 4.69) is 5.32 Å². The molecule has 5 nitrogen and oxygen atoms in total. The van der Waals surface area contributed by atoms with E-state index in [0.717, 1.165) is 5.56 Å². The van der Waals surface area contributed by atoms with E-state index in [1.54, 1.807) is 12.1 Å². The highest BCUT2D eigenvalue weighted by atomic mass is 16.5. The fourth-order valence-electron chi connectivity index (χ4n) is 2.19. The smallest absolute Gasteiger partial charge is 0.119 e. The lowest BCUT2D eigenvalue weighted by atomic mass is 10.1. The van der Waals surface area contributed by atoms with Gasteiger partial charge in [0.1, 0.15) is 24.2 Å². The highest BCUT2D eigenvalue weighted by molar-refractivity contribution is 5.26. The Morgan fingerprint density at radius 3 is 2.35 bits per heavy atom. The van der Waals surface area contributed by atoms with E-state index < -0.39 is 6.10 Å². The monoisotopic (exact) mass is 317 g/mol. The van der Waals surface area contributed by atoms with Crippen LogP contribution in [0.25, 0.3) is 0 Å². The van der Waals surface area contributed by atoms with Crippen molar-refractivity contribution < 1.29 is 20.1 Å². The summed E-state index contributed by atoms with van der Waals surface area (Å²) in [5, 5.41) is 31.8. The molecule has 2 aromatic rings. The normalized spacial score (nSPS) is 13.5. The van der Waals surface area contributed by atoms with Crippen LogP contribution in [0.15, 0.2) is 54.6 Å². The zero-order valence-electron chi connectivity index (χ0n) is 12.9. The summed E-state index contributed by atoms with van der Waals surface area (Å²) in [5.41, 5.74) is 1.00. The maximum atomic E-state index is 9.96. The third-order valence-corrected chi connectivity index (χ3v) is 3.47. The summed E-state index contributed by atoms with van der Waals surface area (Å²) in [4.78, 5) is 0. The minimum Gasteiger partial charge on any atom is -0.508 e. The van der Waals surface area contributed by atoms with Crippen LogP contribution in [0.2, 0.25) is 0 Å². The summed E-state index contributed by atoms with van der Waals surface area (Å²) in [7, 11) is 0. The number of rotatable bonds is 9. The van der Waals surface area contributed by atoms with E-state index in [1.807, 2.05) is 42.5 Å². The number of aromatic hydroxyl groups is 1. The zero-order chi connectivity index (χ0) is 16.5. The summed E-state index contributed by atoms with van der Waals surface area (Å²) in [5.74, 6) is 0.935. The Bertz CT molecular complexity index is 559. The van der Waals surface area contributed by atoms with Crippen molar-refractivity contribution in [2.45, 2.75) is 18.6 Å². The molecule has 2 atom stereocenters. The first-order valence-electron chi connectivity index (χ1n) is 7.65. The van der Waals surface area contributed by atoms with Gasteiger partial charge >= 0.3 is 0 Å². The molecule has 0 bridgehead atoms. The maximum Gasteiger partial charge on any atom is 0.119 e. The van der Waals surface area contributed by atoms with Gasteiger partial charge in [0.15, 0.2) is 0 Å². The van der Waals surface area contributed by atoms with Crippen LogP contribution in [0.1, 0.15) is 5.56 Å². The molecule has 0 radical (unpaired) electrons. The minimum absolute atomic E-state index is 0.0346. The molecule has 0 fully saturated rings. The third kappa shape index (κ3) is 6.28. The highest BCUT2D eigenvalue weighted by Crippen LogP contribution is 2.11. The Hall–Kier alpha value is -2.08. The molecule has 0 aromatic heterocycles. The van der Waals surface area contributed by atoms with Gasteiger partial charge in [0.2, 0.25) is 0 Å². The predicted molar refractivity (Wildman–Crippen MR) is 88.6 cm³/mol. The largest absolute Gasteiger partial charge is 0.508 e. The number of nitrogens with one attached hydrogen (secondary N) is 1. The maximum absolute atomic E-state index is 9.96. The molecular formula is C18H23NO4. The number of aliphatic hydroxyl groups excluding tert-OH is 2. The third-order valence-electron chi connectivity index (χ3n) is 3.47. The summed E-state index contributed by atoms with van der Waals surface area (Å²) >= 11 is 0. The van der Waals surface area contributed by atoms with Crippen molar-refractivity contribution in [2.75, 3.05) is 19.8 Å². The molecule has 124 valence electrons. The molecule has 0 heterocycles. The van der Waals surface area contributed by atoms with Gasteiger partial charge in [-0.2, -0.15) is 0 Å². The van der Waals surface area contributed by atoms with E-state index >= 15 is 0 Å². The van der Waals surface area contributed by atoms with Gasteiger partial charge < -0.3 is 25.4 Å². The van der Waals surface area contributed by atoms with Crippen molar-refractivity contribution >= 4 is 0 Å². The standard InChI is InChI=1S/C18H23NO4/c20-12-15(10-14-6-8-16(21)9-7-14)19-11-17(22)13-23-18-4-2-1-3-5-18/h1-9,15,17,19-22H,10-13H2/t15-,17?/m0/s1. The second-order valence-electron chi connectivity index (χ2n) is 5.44. The Morgan fingerprint density at radius 2 is 1.70 bits per heavy atom. The van der Waals surface area contributed by atoms with E-state index in [9.17, 15) is 15.3 Å². The topological polar surface area (TPSA) is 82.0 Å². The SMILES string of the molecule is OC[C@H](Cc1ccc(O)cc1)NCC(O)COc1ccccc1. The Kier molecular flexibility index (Phi) is 6.87. The van der Waals surface area contributed by atoms with Crippen LogP contribution in [0.3, 0.4) is 0 Å². The summed E-state index contributed by atoms with van der Waals surface area (Å²) < 4.78 is 5.48. The minimum atomic E-state index is -0.663. The molecule has 0 aliphatic heterocycles. The molecule has 0 aliphatic rings. The van der Waals surface area contributed by atoms with Crippen molar-refractivity contribution in [3.63, 3.8) is 0 Å². The average molecular weight is 317 g/mol. The van der Waals surface area contributed by atoms with Crippen LogP contribution in [-0.2, 0) is 6.42 Å². The first kappa shape index (κ1) is 17.3. The fourth-order valence-corrected chi connectivity index (χ4v) is 2.19. The van der Waals surface area contributed by atoms with Crippen molar-refractivity contribution in [3.05, 3.63) is 60.2 Å². The summed E-state index contributed by atoms with van der Waals surface area (Å²) in [6.45, 7) is 0.484. The number of para-hydroxylation sites is 1.